The molecule has 0 aliphatic carbocycles. The Kier molecular flexibility index (Phi) is 8.26. The first-order chi connectivity index (χ1) is 13.1. The molecule has 1 fully saturated rings. The first kappa shape index (κ1) is 22.2. The fraction of sp³-hybridized carbons (Fsp3) is 0.550. The van der Waals surface area contributed by atoms with E-state index in [9.17, 15) is 4.79 Å². The molecule has 0 saturated carbocycles. The summed E-state index contributed by atoms with van der Waals surface area (Å²) in [6.45, 7) is 6.08. The second kappa shape index (κ2) is 10.4. The first-order valence-electron chi connectivity index (χ1n) is 9.66. The molecule has 1 aliphatic heterocycles. The van der Waals surface area contributed by atoms with Crippen LogP contribution < -0.4 is 10.5 Å². The van der Waals surface area contributed by atoms with Crippen molar-refractivity contribution in [2.24, 2.45) is 11.7 Å². The maximum absolute atomic E-state index is 12.6. The van der Waals surface area contributed by atoms with E-state index in [0.717, 1.165) is 30.7 Å². The quantitative estimate of drug-likeness (QED) is 0.756. The Balaban J connectivity index is 0.00000280. The predicted octanol–water partition coefficient (Wildman–Crippen LogP) is 3.08. The summed E-state index contributed by atoms with van der Waals surface area (Å²) >= 11 is 0. The van der Waals surface area contributed by atoms with Crippen LogP contribution in [0.3, 0.4) is 0 Å². The number of aryl methyl sites for hydroxylation is 1. The van der Waals surface area contributed by atoms with Crippen LogP contribution in [0.4, 0.5) is 0 Å². The molecule has 0 spiro atoms. The molecule has 154 valence electrons. The van der Waals surface area contributed by atoms with Crippen molar-refractivity contribution >= 4 is 18.3 Å². The smallest absolute Gasteiger partial charge is 0.227 e. The van der Waals surface area contributed by atoms with Crippen LogP contribution in [0.15, 0.2) is 28.8 Å². The average Bonchev–Trinajstić information content (AvgIpc) is 3.16. The van der Waals surface area contributed by atoms with E-state index in [2.05, 4.69) is 17.1 Å². The van der Waals surface area contributed by atoms with Crippen molar-refractivity contribution in [2.45, 2.75) is 45.6 Å². The monoisotopic (exact) mass is 408 g/mol. The van der Waals surface area contributed by atoms with Gasteiger partial charge in [-0.15, -0.1) is 12.4 Å². The molecule has 8 heteroatoms. The fourth-order valence-electron chi connectivity index (χ4n) is 3.50. The minimum atomic E-state index is 0. The Bertz CT molecular complexity index is 750. The van der Waals surface area contributed by atoms with E-state index in [1.165, 1.54) is 0 Å². The van der Waals surface area contributed by atoms with Gasteiger partial charge in [0.15, 0.2) is 0 Å². The summed E-state index contributed by atoms with van der Waals surface area (Å²) in [4.78, 5) is 18.9. The van der Waals surface area contributed by atoms with Crippen molar-refractivity contribution in [3.8, 4) is 17.1 Å². The molecule has 28 heavy (non-hydrogen) atoms. The number of nitrogens with zero attached hydrogens (tertiary/aromatic N) is 3. The normalized spacial score (nSPS) is 19.2. The topological polar surface area (TPSA) is 94.5 Å². The molecular formula is C20H29ClN4O3. The van der Waals surface area contributed by atoms with Gasteiger partial charge in [-0.25, -0.2) is 0 Å². The zero-order valence-electron chi connectivity index (χ0n) is 16.5. The Hall–Kier alpha value is -2.12. The van der Waals surface area contributed by atoms with Gasteiger partial charge in [0, 0.05) is 37.5 Å². The minimum absolute atomic E-state index is 0. The lowest BCUT2D eigenvalue weighted by Gasteiger charge is -2.38. The summed E-state index contributed by atoms with van der Waals surface area (Å²) in [5.74, 6) is 2.53. The molecule has 1 amide bonds. The van der Waals surface area contributed by atoms with E-state index in [1.54, 1.807) is 0 Å². The number of carbonyl (C=O) groups excluding carboxylic acids is 1. The van der Waals surface area contributed by atoms with Crippen molar-refractivity contribution in [1.29, 1.82) is 0 Å². The molecule has 1 aromatic heterocycles. The zero-order valence-corrected chi connectivity index (χ0v) is 17.3. The average molecular weight is 409 g/mol. The van der Waals surface area contributed by atoms with Crippen LogP contribution >= 0.6 is 12.4 Å². The van der Waals surface area contributed by atoms with E-state index in [1.807, 2.05) is 36.1 Å². The predicted molar refractivity (Wildman–Crippen MR) is 109 cm³/mol. The Labute approximate surface area is 172 Å². The van der Waals surface area contributed by atoms with Gasteiger partial charge in [-0.2, -0.15) is 4.98 Å². The molecule has 2 unspecified atom stereocenters. The summed E-state index contributed by atoms with van der Waals surface area (Å²) in [5, 5.41) is 4.02. The number of carbonyl (C=O) groups is 1. The van der Waals surface area contributed by atoms with Crippen LogP contribution in [0.25, 0.3) is 11.4 Å². The van der Waals surface area contributed by atoms with Crippen LogP contribution in [-0.2, 0) is 11.2 Å². The SMILES string of the molecule is CCOc1ccc(-c2noc(CCC(=O)N3CCC(C)CC3CN)n2)cc1.Cl. The number of benzene rings is 1. The van der Waals surface area contributed by atoms with Crippen LogP contribution in [0.1, 0.15) is 39.0 Å². The minimum Gasteiger partial charge on any atom is -0.494 e. The number of hydrogen-bond donors (Lipinski definition) is 1. The molecule has 2 N–H and O–H groups in total. The molecule has 2 heterocycles. The Morgan fingerprint density at radius 3 is 2.79 bits per heavy atom. The molecule has 1 aromatic carbocycles. The lowest BCUT2D eigenvalue weighted by molar-refractivity contribution is -0.135. The molecule has 0 radical (unpaired) electrons. The van der Waals surface area contributed by atoms with Gasteiger partial charge in [0.25, 0.3) is 0 Å². The van der Waals surface area contributed by atoms with E-state index in [4.69, 9.17) is 15.0 Å². The summed E-state index contributed by atoms with van der Waals surface area (Å²) in [6.07, 6.45) is 2.80. The standard InChI is InChI=1S/C20H28N4O3.ClH/c1-3-26-17-6-4-15(5-7-17)20-22-18(27-23-20)8-9-19(25)24-11-10-14(2)12-16(24)13-21;/h4-7,14,16H,3,8-13,21H2,1-2H3;1H. The van der Waals surface area contributed by atoms with Gasteiger partial charge in [0.05, 0.1) is 6.61 Å². The van der Waals surface area contributed by atoms with E-state index in [0.29, 0.717) is 43.6 Å². The zero-order chi connectivity index (χ0) is 19.2. The molecule has 0 bridgehead atoms. The van der Waals surface area contributed by atoms with Crippen molar-refractivity contribution in [2.75, 3.05) is 19.7 Å². The van der Waals surface area contributed by atoms with Crippen LogP contribution in [-0.4, -0.2) is 46.7 Å². The molecule has 7 nitrogen and oxygen atoms in total. The third-order valence-electron chi connectivity index (χ3n) is 5.01. The van der Waals surface area contributed by atoms with Crippen molar-refractivity contribution < 1.29 is 14.1 Å². The van der Waals surface area contributed by atoms with Crippen molar-refractivity contribution in [3.63, 3.8) is 0 Å². The second-order valence-electron chi connectivity index (χ2n) is 7.08. The highest BCUT2D eigenvalue weighted by Crippen LogP contribution is 2.23. The molecule has 1 aliphatic rings. The van der Waals surface area contributed by atoms with Gasteiger partial charge in [-0.3, -0.25) is 4.79 Å². The third-order valence-corrected chi connectivity index (χ3v) is 5.01. The van der Waals surface area contributed by atoms with E-state index < -0.39 is 0 Å². The fourth-order valence-corrected chi connectivity index (χ4v) is 3.50. The molecule has 3 rings (SSSR count). The van der Waals surface area contributed by atoms with Gasteiger partial charge in [-0.1, -0.05) is 12.1 Å². The van der Waals surface area contributed by atoms with E-state index in [-0.39, 0.29) is 24.4 Å². The second-order valence-corrected chi connectivity index (χ2v) is 7.08. The maximum Gasteiger partial charge on any atom is 0.227 e. The number of likely N-dealkylation sites (tertiary alicyclic amines) is 1. The van der Waals surface area contributed by atoms with Gasteiger partial charge in [-0.05, 0) is 49.9 Å². The van der Waals surface area contributed by atoms with Gasteiger partial charge < -0.3 is 19.9 Å². The highest BCUT2D eigenvalue weighted by molar-refractivity contribution is 5.85. The number of ether oxygens (including phenoxy) is 1. The summed E-state index contributed by atoms with van der Waals surface area (Å²) in [7, 11) is 0. The molecule has 2 aromatic rings. The number of aromatic nitrogens is 2. The summed E-state index contributed by atoms with van der Waals surface area (Å²) in [6, 6.07) is 7.69. The van der Waals surface area contributed by atoms with Crippen LogP contribution in [0.2, 0.25) is 0 Å². The van der Waals surface area contributed by atoms with Crippen LogP contribution in [0.5, 0.6) is 5.75 Å². The van der Waals surface area contributed by atoms with Crippen molar-refractivity contribution in [3.05, 3.63) is 30.2 Å². The highest BCUT2D eigenvalue weighted by Gasteiger charge is 2.28. The van der Waals surface area contributed by atoms with Crippen LogP contribution in [0, 0.1) is 5.92 Å². The molecular weight excluding hydrogens is 380 g/mol. The number of nitrogens with two attached hydrogens (primary N) is 1. The van der Waals surface area contributed by atoms with E-state index >= 15 is 0 Å². The van der Waals surface area contributed by atoms with Gasteiger partial charge in [0.2, 0.25) is 17.6 Å². The maximum atomic E-state index is 12.6. The van der Waals surface area contributed by atoms with Gasteiger partial charge in [0.1, 0.15) is 5.75 Å². The Morgan fingerprint density at radius 2 is 2.11 bits per heavy atom. The van der Waals surface area contributed by atoms with Gasteiger partial charge >= 0.3 is 0 Å². The molecule has 1 saturated heterocycles. The third kappa shape index (κ3) is 5.45. The molecule has 2 atom stereocenters. The largest absolute Gasteiger partial charge is 0.494 e. The number of hydrogen-bond acceptors (Lipinski definition) is 6. The lowest BCUT2D eigenvalue weighted by atomic mass is 9.92. The highest BCUT2D eigenvalue weighted by atomic mass is 35.5. The number of rotatable bonds is 7. The lowest BCUT2D eigenvalue weighted by Crippen LogP contribution is -2.49. The number of amides is 1. The number of halogens is 1. The summed E-state index contributed by atoms with van der Waals surface area (Å²) in [5.41, 5.74) is 6.71. The van der Waals surface area contributed by atoms with Crippen molar-refractivity contribution in [1.82, 2.24) is 15.0 Å². The first-order valence-corrected chi connectivity index (χ1v) is 9.66. The number of piperidine rings is 1. The Morgan fingerprint density at radius 1 is 1.36 bits per heavy atom. The summed E-state index contributed by atoms with van der Waals surface area (Å²) < 4.78 is 10.8.